The fourth-order valence-corrected chi connectivity index (χ4v) is 2.05. The van der Waals surface area contributed by atoms with Crippen molar-refractivity contribution in [2.45, 2.75) is 20.3 Å². The Morgan fingerprint density at radius 2 is 1.64 bits per heavy atom. The fourth-order valence-electron chi connectivity index (χ4n) is 2.05. The van der Waals surface area contributed by atoms with E-state index < -0.39 is 0 Å². The van der Waals surface area contributed by atoms with Crippen LogP contribution in [0.1, 0.15) is 35.3 Å². The van der Waals surface area contributed by atoms with Crippen molar-refractivity contribution in [3.63, 3.8) is 0 Å². The summed E-state index contributed by atoms with van der Waals surface area (Å²) in [6, 6.07) is 15.0. The quantitative estimate of drug-likeness (QED) is 0.666. The molecule has 112 valence electrons. The van der Waals surface area contributed by atoms with Gasteiger partial charge in [-0.2, -0.15) is 0 Å². The number of ketones is 1. The first-order valence-corrected chi connectivity index (χ1v) is 7.27. The maximum Gasteiger partial charge on any atom is 0.221 e. The zero-order valence-electron chi connectivity index (χ0n) is 12.8. The molecule has 0 bridgehead atoms. The third kappa shape index (κ3) is 4.42. The fraction of sp³-hybridized carbons (Fsp3) is 0.158. The number of benzene rings is 2. The third-order valence-electron chi connectivity index (χ3n) is 3.30. The van der Waals surface area contributed by atoms with Crippen molar-refractivity contribution in [2.75, 3.05) is 5.32 Å². The second kappa shape index (κ2) is 7.36. The van der Waals surface area contributed by atoms with Gasteiger partial charge in [0.25, 0.3) is 0 Å². The lowest BCUT2D eigenvalue weighted by molar-refractivity contribution is -0.114. The highest BCUT2D eigenvalue weighted by atomic mass is 16.1. The largest absolute Gasteiger partial charge is 0.326 e. The number of hydrogen-bond acceptors (Lipinski definition) is 2. The molecule has 3 nitrogen and oxygen atoms in total. The van der Waals surface area contributed by atoms with Crippen molar-refractivity contribution in [1.82, 2.24) is 0 Å². The normalized spacial score (nSPS) is 10.6. The molecule has 0 spiro atoms. The molecule has 0 saturated carbocycles. The molecule has 0 aliphatic heterocycles. The van der Waals surface area contributed by atoms with Crippen LogP contribution in [0.15, 0.2) is 54.6 Å². The Bertz CT molecular complexity index is 682. The van der Waals surface area contributed by atoms with Crippen LogP contribution < -0.4 is 5.32 Å². The second-order valence-corrected chi connectivity index (χ2v) is 5.05. The van der Waals surface area contributed by atoms with Crippen LogP contribution in [0.25, 0.3) is 6.08 Å². The number of nitrogens with one attached hydrogen (secondary N) is 1. The SMILES string of the molecule is CCc1ccc(C(=O)C=Cc2ccc(NC(C)=O)cc2)cc1. The Labute approximate surface area is 130 Å². The molecule has 0 heterocycles. The first-order valence-electron chi connectivity index (χ1n) is 7.27. The van der Waals surface area contributed by atoms with Gasteiger partial charge in [-0.1, -0.05) is 49.4 Å². The standard InChI is InChI=1S/C19H19NO2/c1-3-15-4-9-17(10-5-15)19(22)13-8-16-6-11-18(12-7-16)20-14(2)21/h4-13H,3H2,1-2H3,(H,20,21). The molecule has 1 amide bonds. The molecule has 2 aromatic rings. The molecule has 0 saturated heterocycles. The first kappa shape index (κ1) is 15.7. The molecule has 22 heavy (non-hydrogen) atoms. The van der Waals surface area contributed by atoms with Gasteiger partial charge in [-0.25, -0.2) is 0 Å². The summed E-state index contributed by atoms with van der Waals surface area (Å²) in [5.41, 5.74) is 3.55. The maximum atomic E-state index is 12.1. The molecule has 0 fully saturated rings. The van der Waals surface area contributed by atoms with E-state index in [1.54, 1.807) is 12.2 Å². The van der Waals surface area contributed by atoms with Crippen molar-refractivity contribution in [3.8, 4) is 0 Å². The minimum Gasteiger partial charge on any atom is -0.326 e. The summed E-state index contributed by atoms with van der Waals surface area (Å²) in [7, 11) is 0. The van der Waals surface area contributed by atoms with E-state index in [0.29, 0.717) is 5.56 Å². The summed E-state index contributed by atoms with van der Waals surface area (Å²) in [6.45, 7) is 3.55. The van der Waals surface area contributed by atoms with Crippen LogP contribution in [0.4, 0.5) is 5.69 Å². The molecule has 0 aliphatic carbocycles. The van der Waals surface area contributed by atoms with Gasteiger partial charge in [0.1, 0.15) is 0 Å². The van der Waals surface area contributed by atoms with Gasteiger partial charge >= 0.3 is 0 Å². The predicted molar refractivity (Wildman–Crippen MR) is 89.9 cm³/mol. The lowest BCUT2D eigenvalue weighted by Crippen LogP contribution is -2.05. The zero-order chi connectivity index (χ0) is 15.9. The summed E-state index contributed by atoms with van der Waals surface area (Å²) in [5.74, 6) is -0.123. The van der Waals surface area contributed by atoms with Crippen molar-refractivity contribution in [2.24, 2.45) is 0 Å². The van der Waals surface area contributed by atoms with E-state index in [-0.39, 0.29) is 11.7 Å². The third-order valence-corrected chi connectivity index (χ3v) is 3.30. The summed E-state index contributed by atoms with van der Waals surface area (Å²) in [6.07, 6.45) is 4.30. The van der Waals surface area contributed by atoms with E-state index in [9.17, 15) is 9.59 Å². The van der Waals surface area contributed by atoms with Crippen molar-refractivity contribution in [3.05, 3.63) is 71.3 Å². The highest BCUT2D eigenvalue weighted by Gasteiger charge is 2.01. The molecule has 3 heteroatoms. The van der Waals surface area contributed by atoms with E-state index in [1.165, 1.54) is 12.5 Å². The highest BCUT2D eigenvalue weighted by Crippen LogP contribution is 2.12. The lowest BCUT2D eigenvalue weighted by atomic mass is 10.1. The second-order valence-electron chi connectivity index (χ2n) is 5.05. The minimum absolute atomic E-state index is 0.0198. The number of allylic oxidation sites excluding steroid dienone is 1. The van der Waals surface area contributed by atoms with Crippen LogP contribution in [-0.4, -0.2) is 11.7 Å². The van der Waals surface area contributed by atoms with Gasteiger partial charge < -0.3 is 5.32 Å². The van der Waals surface area contributed by atoms with E-state index in [0.717, 1.165) is 17.7 Å². The van der Waals surface area contributed by atoms with Gasteiger partial charge in [0.2, 0.25) is 5.91 Å². The Morgan fingerprint density at radius 1 is 1.00 bits per heavy atom. The Balaban J connectivity index is 2.03. The molecule has 1 N–H and O–H groups in total. The molecule has 0 unspecified atom stereocenters. The summed E-state index contributed by atoms with van der Waals surface area (Å²) >= 11 is 0. The monoisotopic (exact) mass is 293 g/mol. The first-order chi connectivity index (χ1) is 10.6. The number of hydrogen-bond donors (Lipinski definition) is 1. The molecule has 0 aromatic heterocycles. The molecular formula is C19H19NO2. The van der Waals surface area contributed by atoms with Crippen LogP contribution in [0.3, 0.4) is 0 Å². The van der Waals surface area contributed by atoms with Gasteiger partial charge in [0, 0.05) is 18.2 Å². The van der Waals surface area contributed by atoms with E-state index in [4.69, 9.17) is 0 Å². The van der Waals surface area contributed by atoms with Crippen LogP contribution in [0, 0.1) is 0 Å². The predicted octanol–water partition coefficient (Wildman–Crippen LogP) is 4.10. The van der Waals surface area contributed by atoms with Gasteiger partial charge in [-0.3, -0.25) is 9.59 Å². The topological polar surface area (TPSA) is 46.2 Å². The van der Waals surface area contributed by atoms with Crippen molar-refractivity contribution in [1.29, 1.82) is 0 Å². The van der Waals surface area contributed by atoms with E-state index >= 15 is 0 Å². The van der Waals surface area contributed by atoms with Crippen molar-refractivity contribution >= 4 is 23.5 Å². The molecule has 0 radical (unpaired) electrons. The highest BCUT2D eigenvalue weighted by molar-refractivity contribution is 6.06. The average Bonchev–Trinajstić information content (AvgIpc) is 2.53. The number of anilines is 1. The number of aryl methyl sites for hydroxylation is 1. The molecule has 2 aromatic carbocycles. The molecule has 2 rings (SSSR count). The van der Waals surface area contributed by atoms with E-state index in [1.807, 2.05) is 48.5 Å². The smallest absolute Gasteiger partial charge is 0.221 e. The van der Waals surface area contributed by atoms with E-state index in [2.05, 4.69) is 12.2 Å². The number of rotatable bonds is 5. The van der Waals surface area contributed by atoms with Gasteiger partial charge in [-0.15, -0.1) is 0 Å². The molecular weight excluding hydrogens is 274 g/mol. The Kier molecular flexibility index (Phi) is 5.26. The molecule has 0 aliphatic rings. The van der Waals surface area contributed by atoms with Crippen molar-refractivity contribution < 1.29 is 9.59 Å². The molecule has 0 atom stereocenters. The number of carbonyl (C=O) groups excluding carboxylic acids is 2. The summed E-state index contributed by atoms with van der Waals surface area (Å²) in [5, 5.41) is 2.70. The van der Waals surface area contributed by atoms with Crippen LogP contribution in [0.2, 0.25) is 0 Å². The van der Waals surface area contributed by atoms with Gasteiger partial charge in [0.15, 0.2) is 5.78 Å². The summed E-state index contributed by atoms with van der Waals surface area (Å²) in [4.78, 5) is 23.0. The lowest BCUT2D eigenvalue weighted by Gasteiger charge is -2.02. The Hall–Kier alpha value is -2.68. The number of amides is 1. The Morgan fingerprint density at radius 3 is 2.18 bits per heavy atom. The van der Waals surface area contributed by atoms with Crippen LogP contribution >= 0.6 is 0 Å². The zero-order valence-corrected chi connectivity index (χ0v) is 12.8. The average molecular weight is 293 g/mol. The van der Waals surface area contributed by atoms with Gasteiger partial charge in [-0.05, 0) is 35.8 Å². The maximum absolute atomic E-state index is 12.1. The van der Waals surface area contributed by atoms with Gasteiger partial charge in [0.05, 0.1) is 0 Å². The minimum atomic E-state index is -0.103. The van der Waals surface area contributed by atoms with Crippen LogP contribution in [0.5, 0.6) is 0 Å². The van der Waals surface area contributed by atoms with Crippen LogP contribution in [-0.2, 0) is 11.2 Å². The summed E-state index contributed by atoms with van der Waals surface area (Å²) < 4.78 is 0. The number of carbonyl (C=O) groups is 2.